The number of ether oxygens (including phenoxy) is 2. The van der Waals surface area contributed by atoms with Crippen LogP contribution in [-0.4, -0.2) is 69.9 Å². The van der Waals surface area contributed by atoms with Gasteiger partial charge in [-0.05, 0) is 42.5 Å². The van der Waals surface area contributed by atoms with E-state index in [2.05, 4.69) is 40.3 Å². The number of para-hydroxylation sites is 2. The first-order valence-corrected chi connectivity index (χ1v) is 20.6. The molecule has 2 aromatic carbocycles. The van der Waals surface area contributed by atoms with E-state index in [1.165, 1.54) is 32.4 Å². The number of rotatable bonds is 10. The third-order valence-electron chi connectivity index (χ3n) is 9.92. The molecule has 0 atom stereocenters. The van der Waals surface area contributed by atoms with Crippen molar-refractivity contribution in [2.24, 2.45) is 0 Å². The number of nitrogens with zero attached hydrogens (tertiary/aromatic N) is 8. The predicted octanol–water partition coefficient (Wildman–Crippen LogP) is 11.4. The van der Waals surface area contributed by atoms with E-state index in [1.807, 2.05) is 6.07 Å². The maximum atomic E-state index is 13.1. The number of methoxy groups -OCH3 is 2. The maximum Gasteiger partial charge on any atom is 0.280 e. The highest BCUT2D eigenvalue weighted by Gasteiger charge is 2.32. The lowest BCUT2D eigenvalue weighted by Crippen LogP contribution is -2.18. The smallest absolute Gasteiger partial charge is 0.280 e. The number of carbonyl (C=O) groups is 2. The molecular formula is C45H36Cl3F4N11O4. The molecule has 0 bridgehead atoms. The zero-order chi connectivity index (χ0) is 48.7. The van der Waals surface area contributed by atoms with Gasteiger partial charge in [0.05, 0.1) is 94.7 Å². The van der Waals surface area contributed by atoms with Crippen LogP contribution in [-0.2, 0) is 19.5 Å². The molecule has 0 spiro atoms. The van der Waals surface area contributed by atoms with Crippen LogP contribution in [0.3, 0.4) is 0 Å². The van der Waals surface area contributed by atoms with Gasteiger partial charge in [-0.1, -0.05) is 72.2 Å². The van der Waals surface area contributed by atoms with Gasteiger partial charge in [0, 0.05) is 31.3 Å². The highest BCUT2D eigenvalue weighted by Crippen LogP contribution is 2.40. The first-order valence-electron chi connectivity index (χ1n) is 19.5. The zero-order valence-electron chi connectivity index (χ0n) is 35.6. The van der Waals surface area contributed by atoms with Gasteiger partial charge >= 0.3 is 0 Å². The maximum absolute atomic E-state index is 13.1. The number of benzene rings is 2. The van der Waals surface area contributed by atoms with E-state index in [1.54, 1.807) is 66.4 Å². The van der Waals surface area contributed by atoms with Crippen molar-refractivity contribution >= 4 is 86.8 Å². The number of hydrogen-bond donors (Lipinski definition) is 3. The third kappa shape index (κ3) is 11.0. The van der Waals surface area contributed by atoms with E-state index in [0.29, 0.717) is 96.4 Å². The Morgan fingerprint density at radius 3 is 1.64 bits per heavy atom. The highest BCUT2D eigenvalue weighted by molar-refractivity contribution is 6.33. The summed E-state index contributed by atoms with van der Waals surface area (Å²) in [5.41, 5.74) is 9.93. The van der Waals surface area contributed by atoms with Crippen molar-refractivity contribution in [2.45, 2.75) is 32.4 Å². The standard InChI is InChI=1S/C23H18ClF2N5O2.C15H13Cl2N3O2.C7H5F2N3/c1-27-22-14(21(25)26)8-7-12(29-22)9-13-10-17(19-18(28-13)11-31(2)23(19)32)30-16-6-4-5-15(24)20(16)33-3;1-20-7-11-13(15(20)21)10(6-12(17)19-11)18-9-5-3-4-8(16)14(9)22-2;1-11-7-4(6(8)9)2-3-5(10)12-7/h4-8,10,21H,9,11H2,2-3H3,(H,28,30);3-6H,7H2,1-2H3,(H,18,19);2-3,6H,(H2,10,12). The molecule has 0 unspecified atom stereocenters. The summed E-state index contributed by atoms with van der Waals surface area (Å²) < 4.78 is 61.1. The normalized spacial score (nSPS) is 12.3. The Balaban J connectivity index is 0.000000186. The summed E-state index contributed by atoms with van der Waals surface area (Å²) in [6, 6.07) is 18.9. The van der Waals surface area contributed by atoms with E-state index in [0.717, 1.165) is 6.07 Å². The van der Waals surface area contributed by atoms with Crippen molar-refractivity contribution < 1.29 is 36.6 Å². The SMILES string of the molecule is COc1c(Cl)cccc1Nc1cc(Cl)nc2c1C(=O)N(C)C2.[C-]#[N+]c1nc(Cc2cc(Nc3cccc(Cl)c3OC)c3c(n2)CN(C)C3=O)ccc1C(F)F.[C-]#[N+]c1nc(N)ccc1C(F)F. The Morgan fingerprint density at radius 2 is 1.15 bits per heavy atom. The summed E-state index contributed by atoms with van der Waals surface area (Å²) >= 11 is 18.4. The van der Waals surface area contributed by atoms with Crippen molar-refractivity contribution in [1.82, 2.24) is 29.7 Å². The molecule has 22 heteroatoms. The second kappa shape index (κ2) is 21.2. The molecule has 6 aromatic rings. The number of carbonyl (C=O) groups excluding carboxylic acids is 2. The number of alkyl halides is 4. The molecule has 0 aliphatic carbocycles. The molecule has 6 heterocycles. The van der Waals surface area contributed by atoms with Crippen LogP contribution in [0.4, 0.5) is 57.8 Å². The number of pyridine rings is 4. The summed E-state index contributed by atoms with van der Waals surface area (Å²) in [5.74, 6) is 0.0709. The van der Waals surface area contributed by atoms with Crippen molar-refractivity contribution in [1.29, 1.82) is 0 Å². The lowest BCUT2D eigenvalue weighted by molar-refractivity contribution is 0.0809. The van der Waals surface area contributed by atoms with E-state index in [4.69, 9.17) is 63.2 Å². The van der Waals surface area contributed by atoms with Gasteiger partial charge in [-0.15, -0.1) is 9.97 Å². The summed E-state index contributed by atoms with van der Waals surface area (Å²) in [7, 11) is 6.44. The number of anilines is 5. The van der Waals surface area contributed by atoms with Crippen LogP contribution in [0.5, 0.6) is 11.5 Å². The Labute approximate surface area is 396 Å². The molecule has 2 aliphatic heterocycles. The molecule has 0 saturated carbocycles. The molecule has 4 aromatic heterocycles. The summed E-state index contributed by atoms with van der Waals surface area (Å²) in [6.45, 7) is 14.5. The van der Waals surface area contributed by atoms with Crippen molar-refractivity contribution in [3.05, 3.63) is 156 Å². The Hall–Kier alpha value is -7.45. The second-order valence-corrected chi connectivity index (χ2v) is 15.6. The number of nitrogens with one attached hydrogen (secondary N) is 2. The zero-order valence-corrected chi connectivity index (χ0v) is 37.9. The summed E-state index contributed by atoms with van der Waals surface area (Å²) in [5, 5.41) is 7.61. The van der Waals surface area contributed by atoms with Crippen LogP contribution in [0, 0.1) is 13.1 Å². The number of hydrogen-bond acceptors (Lipinski definition) is 11. The van der Waals surface area contributed by atoms with Gasteiger partial charge in [-0.2, -0.15) is 0 Å². The van der Waals surface area contributed by atoms with Gasteiger partial charge in [0.15, 0.2) is 11.5 Å². The minimum atomic E-state index is -2.78. The average molecular weight is 977 g/mol. The molecule has 2 amide bonds. The number of aromatic nitrogens is 4. The lowest BCUT2D eigenvalue weighted by Gasteiger charge is -2.15. The van der Waals surface area contributed by atoms with Crippen LogP contribution in [0.15, 0.2) is 72.8 Å². The molecule has 0 radical (unpaired) electrons. The fourth-order valence-corrected chi connectivity index (χ4v) is 7.60. The lowest BCUT2D eigenvalue weighted by atomic mass is 10.1. The van der Waals surface area contributed by atoms with Gasteiger partial charge in [0.1, 0.15) is 10.8 Å². The van der Waals surface area contributed by atoms with E-state index in [-0.39, 0.29) is 41.3 Å². The van der Waals surface area contributed by atoms with Gasteiger partial charge < -0.3 is 45.3 Å². The quantitative estimate of drug-likeness (QED) is 0.0678. The number of halogens is 7. The number of amides is 2. The second-order valence-electron chi connectivity index (χ2n) is 14.4. The third-order valence-corrected chi connectivity index (χ3v) is 10.7. The van der Waals surface area contributed by atoms with E-state index >= 15 is 0 Å². The van der Waals surface area contributed by atoms with Crippen LogP contribution in [0.25, 0.3) is 9.69 Å². The van der Waals surface area contributed by atoms with Crippen LogP contribution >= 0.6 is 34.8 Å². The van der Waals surface area contributed by atoms with Gasteiger partial charge in [0.2, 0.25) is 5.82 Å². The predicted molar refractivity (Wildman–Crippen MR) is 246 cm³/mol. The van der Waals surface area contributed by atoms with Crippen molar-refractivity contribution in [3.63, 3.8) is 0 Å². The van der Waals surface area contributed by atoms with Crippen LogP contribution in [0.2, 0.25) is 15.2 Å². The van der Waals surface area contributed by atoms with Crippen LogP contribution in [0.1, 0.15) is 67.5 Å². The van der Waals surface area contributed by atoms with Crippen LogP contribution < -0.4 is 25.8 Å². The molecule has 8 rings (SSSR count). The number of fused-ring (bicyclic) bond motifs is 2. The minimum Gasteiger partial charge on any atom is -0.493 e. The molecule has 15 nitrogen and oxygen atoms in total. The van der Waals surface area contributed by atoms with Crippen molar-refractivity contribution in [3.8, 4) is 11.5 Å². The van der Waals surface area contributed by atoms with E-state index < -0.39 is 18.4 Å². The number of nitrogens with two attached hydrogens (primary N) is 1. The molecule has 2 aliphatic rings. The fourth-order valence-electron chi connectivity index (χ4n) is 6.88. The first-order chi connectivity index (χ1) is 32.0. The molecule has 0 fully saturated rings. The fraction of sp³-hybridized carbons (Fsp3) is 0.200. The van der Waals surface area contributed by atoms with Gasteiger partial charge in [-0.25, -0.2) is 22.5 Å². The Bertz CT molecular complexity index is 2970. The Kier molecular flexibility index (Phi) is 15.5. The summed E-state index contributed by atoms with van der Waals surface area (Å²) in [6.07, 6.45) is -5.26. The number of nitrogen functional groups attached to an aromatic ring is 1. The monoisotopic (exact) mass is 975 g/mol. The largest absolute Gasteiger partial charge is 0.493 e. The summed E-state index contributed by atoms with van der Waals surface area (Å²) in [4.78, 5) is 50.5. The molecular weight excluding hydrogens is 941 g/mol. The topological polar surface area (TPSA) is 169 Å². The molecule has 0 saturated heterocycles. The molecule has 344 valence electrons. The molecule has 4 N–H and O–H groups in total. The van der Waals surface area contributed by atoms with Gasteiger partial charge in [0.25, 0.3) is 36.3 Å². The first kappa shape index (κ1) is 49.0. The van der Waals surface area contributed by atoms with Crippen molar-refractivity contribution in [2.75, 3.05) is 44.7 Å². The minimum absolute atomic E-state index is 0.0744. The highest BCUT2D eigenvalue weighted by atomic mass is 35.5. The molecule has 67 heavy (non-hydrogen) atoms. The van der Waals surface area contributed by atoms with E-state index in [9.17, 15) is 27.2 Å². The van der Waals surface area contributed by atoms with Gasteiger partial charge in [-0.3, -0.25) is 14.6 Å². The Morgan fingerprint density at radius 1 is 0.672 bits per heavy atom. The average Bonchev–Trinajstić information content (AvgIpc) is 3.74.